The number of aromatic nitrogens is 1. The van der Waals surface area contributed by atoms with Gasteiger partial charge in [-0.25, -0.2) is 0 Å². The van der Waals surface area contributed by atoms with Crippen molar-refractivity contribution in [1.29, 1.82) is 0 Å². The molecule has 9 heteroatoms. The molecule has 0 fully saturated rings. The van der Waals surface area contributed by atoms with Crippen molar-refractivity contribution in [2.45, 2.75) is 19.9 Å². The van der Waals surface area contributed by atoms with Crippen LogP contribution >= 0.6 is 19.1 Å². The van der Waals surface area contributed by atoms with Crippen LogP contribution in [0.2, 0.25) is 0 Å². The SMILES string of the molecule is CCC[n+]1csc2ccccc21.F[P-](F)(F)(F)(F)F. The summed E-state index contributed by atoms with van der Waals surface area (Å²) in [6.45, 7) is 3.34. The van der Waals surface area contributed by atoms with Gasteiger partial charge in [-0.05, 0) is 6.07 Å². The number of halogens is 6. The topological polar surface area (TPSA) is 3.88 Å². The predicted octanol–water partition coefficient (Wildman–Crippen LogP) is 5.98. The van der Waals surface area contributed by atoms with Crippen molar-refractivity contribution in [2.75, 3.05) is 0 Å². The zero-order valence-electron chi connectivity index (χ0n) is 9.87. The van der Waals surface area contributed by atoms with Gasteiger partial charge in [-0.2, -0.15) is 4.57 Å². The number of thiazole rings is 1. The van der Waals surface area contributed by atoms with Crippen LogP contribution in [0, 0.1) is 0 Å². The molecule has 0 radical (unpaired) electrons. The maximum absolute atomic E-state index is 10.7. The Bertz CT molecular complexity index is 550. The summed E-state index contributed by atoms with van der Waals surface area (Å²) in [7, 11) is -10.7. The summed E-state index contributed by atoms with van der Waals surface area (Å²) in [4.78, 5) is 0. The summed E-state index contributed by atoms with van der Waals surface area (Å²) < 4.78 is 62.9. The van der Waals surface area contributed by atoms with Crippen LogP contribution in [-0.4, -0.2) is 0 Å². The fourth-order valence-corrected chi connectivity index (χ4v) is 2.31. The molecule has 0 saturated heterocycles. The zero-order valence-corrected chi connectivity index (χ0v) is 11.6. The van der Waals surface area contributed by atoms with E-state index in [0.29, 0.717) is 0 Å². The van der Waals surface area contributed by atoms with E-state index < -0.39 is 7.81 Å². The molecule has 0 atom stereocenters. The second-order valence-electron chi connectivity index (χ2n) is 3.84. The van der Waals surface area contributed by atoms with E-state index in [1.807, 2.05) is 11.3 Å². The van der Waals surface area contributed by atoms with Crippen molar-refractivity contribution in [3.8, 4) is 0 Å². The average molecular weight is 323 g/mol. The Morgan fingerprint density at radius 2 is 1.58 bits per heavy atom. The third kappa shape index (κ3) is 8.00. The van der Waals surface area contributed by atoms with Crippen LogP contribution in [-0.2, 0) is 6.54 Å². The second-order valence-corrected chi connectivity index (χ2v) is 6.65. The molecule has 110 valence electrons. The molecule has 1 aromatic heterocycles. The van der Waals surface area contributed by atoms with Crippen LogP contribution in [0.3, 0.4) is 0 Å². The minimum atomic E-state index is -10.7. The third-order valence-electron chi connectivity index (χ3n) is 1.95. The summed E-state index contributed by atoms with van der Waals surface area (Å²) in [5.41, 5.74) is 3.57. The number of hydrogen-bond acceptors (Lipinski definition) is 1. The summed E-state index contributed by atoms with van der Waals surface area (Å²) in [6.07, 6.45) is 1.20. The molecule has 0 aliphatic heterocycles. The van der Waals surface area contributed by atoms with Crippen LogP contribution < -0.4 is 4.57 Å². The van der Waals surface area contributed by atoms with Gasteiger partial charge in [-0.15, -0.1) is 0 Å². The first-order valence-electron chi connectivity index (χ1n) is 5.29. The second kappa shape index (κ2) is 4.59. The van der Waals surface area contributed by atoms with Gasteiger partial charge in [0.05, 0.1) is 0 Å². The van der Waals surface area contributed by atoms with Crippen molar-refractivity contribution >= 4 is 29.4 Å². The number of para-hydroxylation sites is 1. The van der Waals surface area contributed by atoms with Gasteiger partial charge in [0, 0.05) is 12.5 Å². The maximum atomic E-state index is 9.87. The van der Waals surface area contributed by atoms with Crippen molar-refractivity contribution in [3.05, 3.63) is 29.8 Å². The molecule has 0 aliphatic rings. The van der Waals surface area contributed by atoms with Crippen LogP contribution in [0.5, 0.6) is 0 Å². The number of nitrogens with zero attached hydrogens (tertiary/aromatic N) is 1. The molecule has 0 N–H and O–H groups in total. The minimum absolute atomic E-state index is 1.13. The van der Waals surface area contributed by atoms with Gasteiger partial charge >= 0.3 is 33.0 Å². The summed E-state index contributed by atoms with van der Waals surface area (Å²) >= 11 is 1.82. The predicted molar refractivity (Wildman–Crippen MR) is 65.9 cm³/mol. The molecular weight excluding hydrogens is 311 g/mol. The Balaban J connectivity index is 0.000000224. The van der Waals surface area contributed by atoms with Crippen LogP contribution in [0.4, 0.5) is 25.2 Å². The normalized spacial score (nSPS) is 15.3. The van der Waals surface area contributed by atoms with Crippen LogP contribution in [0.15, 0.2) is 29.8 Å². The summed E-state index contributed by atoms with van der Waals surface area (Å²) in [5.74, 6) is 0. The molecule has 19 heavy (non-hydrogen) atoms. The average Bonchev–Trinajstić information content (AvgIpc) is 2.58. The number of benzene rings is 1. The van der Waals surface area contributed by atoms with Gasteiger partial charge in [0.2, 0.25) is 11.0 Å². The molecule has 0 amide bonds. The van der Waals surface area contributed by atoms with E-state index >= 15 is 0 Å². The van der Waals surface area contributed by atoms with Gasteiger partial charge < -0.3 is 0 Å². The number of rotatable bonds is 2. The van der Waals surface area contributed by atoms with E-state index in [4.69, 9.17) is 0 Å². The van der Waals surface area contributed by atoms with Crippen molar-refractivity contribution < 1.29 is 29.7 Å². The van der Waals surface area contributed by atoms with Gasteiger partial charge in [0.1, 0.15) is 11.2 Å². The first-order chi connectivity index (χ1) is 8.36. The molecular formula is C10H12F6NPS. The first-order valence-corrected chi connectivity index (χ1v) is 8.19. The Morgan fingerprint density at radius 1 is 1.05 bits per heavy atom. The number of aryl methyl sites for hydroxylation is 1. The van der Waals surface area contributed by atoms with Gasteiger partial charge in [-0.3, -0.25) is 0 Å². The molecule has 2 aromatic rings. The van der Waals surface area contributed by atoms with Gasteiger partial charge in [-0.1, -0.05) is 30.4 Å². The van der Waals surface area contributed by atoms with E-state index in [1.165, 1.54) is 16.6 Å². The number of hydrogen-bond donors (Lipinski definition) is 0. The fraction of sp³-hybridized carbons (Fsp3) is 0.300. The van der Waals surface area contributed by atoms with E-state index in [0.717, 1.165) is 6.54 Å². The molecule has 1 heterocycles. The molecule has 0 spiro atoms. The van der Waals surface area contributed by atoms with Gasteiger partial charge in [0.15, 0.2) is 0 Å². The van der Waals surface area contributed by atoms with Crippen LogP contribution in [0.1, 0.15) is 13.3 Å². The van der Waals surface area contributed by atoms with Gasteiger partial charge in [0.25, 0.3) is 0 Å². The monoisotopic (exact) mass is 323 g/mol. The Morgan fingerprint density at radius 3 is 2.11 bits per heavy atom. The molecule has 2 rings (SSSR count). The molecule has 0 aliphatic carbocycles. The van der Waals surface area contributed by atoms with E-state index in [2.05, 4.69) is 41.3 Å². The molecule has 0 bridgehead atoms. The molecule has 0 saturated carbocycles. The Hall–Kier alpha value is -0.880. The molecule has 0 unspecified atom stereocenters. The Kier molecular flexibility index (Phi) is 3.91. The van der Waals surface area contributed by atoms with E-state index in [-0.39, 0.29) is 0 Å². The summed E-state index contributed by atoms with van der Waals surface area (Å²) in [6, 6.07) is 8.55. The Labute approximate surface area is 109 Å². The summed E-state index contributed by atoms with van der Waals surface area (Å²) in [5, 5.41) is 0. The third-order valence-corrected chi connectivity index (χ3v) is 2.91. The molecule has 1 nitrogen and oxygen atoms in total. The standard InChI is InChI=1S/C10H12NS.F6P/c1-2-7-11-8-12-10-6-4-3-5-9(10)11;1-7(2,3,4,5)6/h3-6,8H,2,7H2,1H3;/q+1;-1. The first kappa shape index (κ1) is 16.2. The van der Waals surface area contributed by atoms with Crippen LogP contribution in [0.25, 0.3) is 10.2 Å². The number of fused-ring (bicyclic) bond motifs is 1. The zero-order chi connectivity index (χ0) is 14.8. The molecule has 1 aromatic carbocycles. The van der Waals surface area contributed by atoms with Crippen molar-refractivity contribution in [3.63, 3.8) is 0 Å². The quantitative estimate of drug-likeness (QED) is 0.363. The van der Waals surface area contributed by atoms with E-state index in [9.17, 15) is 25.2 Å². The van der Waals surface area contributed by atoms with Crippen molar-refractivity contribution in [1.82, 2.24) is 0 Å². The van der Waals surface area contributed by atoms with Crippen molar-refractivity contribution in [2.24, 2.45) is 0 Å². The van der Waals surface area contributed by atoms with E-state index in [1.54, 1.807) is 0 Å². The fourth-order valence-electron chi connectivity index (χ4n) is 1.39.